The summed E-state index contributed by atoms with van der Waals surface area (Å²) in [5.41, 5.74) is 1.16. The van der Waals surface area contributed by atoms with Crippen molar-refractivity contribution in [1.82, 2.24) is 31.0 Å². The van der Waals surface area contributed by atoms with Gasteiger partial charge in [0.1, 0.15) is 36.6 Å². The minimum absolute atomic E-state index is 0.0178. The van der Waals surface area contributed by atoms with Crippen molar-refractivity contribution in [3.8, 4) is 11.4 Å². The lowest BCUT2D eigenvalue weighted by molar-refractivity contribution is -0.296. The summed E-state index contributed by atoms with van der Waals surface area (Å²) in [7, 11) is 0. The Morgan fingerprint density at radius 3 is 2.15 bits per heavy atom. The number of carbonyl (C=O) groups is 2. The van der Waals surface area contributed by atoms with Crippen LogP contribution in [-0.2, 0) is 33.2 Å². The highest BCUT2D eigenvalue weighted by Crippen LogP contribution is 2.31. The fourth-order valence-electron chi connectivity index (χ4n) is 5.51. The number of amides is 2. The molecule has 2 aliphatic rings. The zero-order chi connectivity index (χ0) is 39.9. The summed E-state index contributed by atoms with van der Waals surface area (Å²) >= 11 is 0. The molecule has 0 aliphatic carbocycles. The fourth-order valence-corrected chi connectivity index (χ4v) is 5.51. The Morgan fingerprint density at radius 2 is 1.49 bits per heavy atom. The third kappa shape index (κ3) is 13.1. The fraction of sp³-hybridized carbons (Fsp3) is 0.676. The van der Waals surface area contributed by atoms with Gasteiger partial charge in [0.15, 0.2) is 18.0 Å². The van der Waals surface area contributed by atoms with Crippen molar-refractivity contribution in [2.24, 2.45) is 10.9 Å². The standard InChI is InChI=1S/C34H51N7O14/c1-18(26(44)28(46)29(47)33(49)55-30-23(17-42)54-34-25(27(30)45)37-20(3)53-34)16-36-24(43)8-10-50-12-14-52-15-13-51-11-9-35-32(48)22-6-4-21(5-7-22)31-40-38-19(2)39-41-31/h4-7,18,23,25-30,33-34,42,44-47,49H,8-17H2,1-3H3,(H,35,48)(H,36,43). The Morgan fingerprint density at radius 1 is 0.855 bits per heavy atom. The number of ether oxygens (including phenoxy) is 6. The maximum Gasteiger partial charge on any atom is 0.251 e. The van der Waals surface area contributed by atoms with Crippen molar-refractivity contribution < 1.29 is 68.6 Å². The van der Waals surface area contributed by atoms with Gasteiger partial charge in [0.2, 0.25) is 18.0 Å². The summed E-state index contributed by atoms with van der Waals surface area (Å²) < 4.78 is 32.6. The normalized spacial score (nSPS) is 23.4. The van der Waals surface area contributed by atoms with Crippen LogP contribution in [0.2, 0.25) is 0 Å². The third-order valence-corrected chi connectivity index (χ3v) is 8.66. The van der Waals surface area contributed by atoms with Crippen molar-refractivity contribution in [1.29, 1.82) is 0 Å². The van der Waals surface area contributed by atoms with Gasteiger partial charge in [-0.1, -0.05) is 19.1 Å². The Labute approximate surface area is 317 Å². The number of aliphatic imine (C=N–C) groups is 1. The van der Waals surface area contributed by atoms with Crippen molar-refractivity contribution >= 4 is 17.7 Å². The first kappa shape index (κ1) is 43.9. The summed E-state index contributed by atoms with van der Waals surface area (Å²) in [5, 5.41) is 83.5. The lowest BCUT2D eigenvalue weighted by atomic mass is 9.95. The zero-order valence-electron chi connectivity index (χ0n) is 30.8. The van der Waals surface area contributed by atoms with Crippen LogP contribution in [0.4, 0.5) is 0 Å². The molecule has 0 bridgehead atoms. The molecule has 10 atom stereocenters. The van der Waals surface area contributed by atoms with E-state index in [0.29, 0.717) is 49.1 Å². The first-order valence-corrected chi connectivity index (χ1v) is 17.8. The molecule has 1 aromatic carbocycles. The minimum atomic E-state index is -2.09. The van der Waals surface area contributed by atoms with Gasteiger partial charge in [0.05, 0.1) is 52.4 Å². The van der Waals surface area contributed by atoms with Crippen LogP contribution in [0.3, 0.4) is 0 Å². The molecule has 0 saturated carbocycles. The second kappa shape index (κ2) is 22.0. The molecule has 4 rings (SSSR count). The maximum absolute atomic E-state index is 12.4. The monoisotopic (exact) mass is 781 g/mol. The Kier molecular flexibility index (Phi) is 17.6. The Balaban J connectivity index is 0.990. The van der Waals surface area contributed by atoms with Crippen LogP contribution < -0.4 is 10.6 Å². The number of aliphatic hydroxyl groups is 6. The van der Waals surface area contributed by atoms with Crippen molar-refractivity contribution in [2.75, 3.05) is 59.3 Å². The van der Waals surface area contributed by atoms with Crippen LogP contribution in [-0.4, -0.2) is 183 Å². The Hall–Kier alpha value is -3.87. The smallest absolute Gasteiger partial charge is 0.251 e. The first-order valence-electron chi connectivity index (χ1n) is 17.8. The Bertz CT molecular complexity index is 1510. The molecular formula is C34H51N7O14. The van der Waals surface area contributed by atoms with Gasteiger partial charge in [-0.3, -0.25) is 9.59 Å². The van der Waals surface area contributed by atoms with Crippen LogP contribution in [0.15, 0.2) is 29.3 Å². The van der Waals surface area contributed by atoms with Gasteiger partial charge >= 0.3 is 0 Å². The number of aliphatic hydroxyl groups excluding tert-OH is 6. The molecule has 21 nitrogen and oxygen atoms in total. The number of rotatable bonds is 23. The summed E-state index contributed by atoms with van der Waals surface area (Å²) in [6.07, 6.45) is -12.4. The van der Waals surface area contributed by atoms with E-state index in [1.807, 2.05) is 0 Å². The molecule has 2 aromatic rings. The number of nitrogens with zero attached hydrogens (tertiary/aromatic N) is 5. The van der Waals surface area contributed by atoms with Gasteiger partial charge < -0.3 is 69.7 Å². The minimum Gasteiger partial charge on any atom is -0.450 e. The highest BCUT2D eigenvalue weighted by atomic mass is 16.7. The molecule has 21 heteroatoms. The number of aryl methyl sites for hydroxylation is 1. The number of hydrogen-bond donors (Lipinski definition) is 8. The average Bonchev–Trinajstić information content (AvgIpc) is 3.57. The van der Waals surface area contributed by atoms with Crippen LogP contribution >= 0.6 is 0 Å². The number of aromatic nitrogens is 4. The molecule has 1 saturated heterocycles. The van der Waals surface area contributed by atoms with Crippen molar-refractivity contribution in [3.63, 3.8) is 0 Å². The number of carbonyl (C=O) groups excluding carboxylic acids is 2. The zero-order valence-corrected chi connectivity index (χ0v) is 30.8. The molecule has 55 heavy (non-hydrogen) atoms. The van der Waals surface area contributed by atoms with E-state index in [9.17, 15) is 40.2 Å². The highest BCUT2D eigenvalue weighted by Gasteiger charge is 2.51. The van der Waals surface area contributed by atoms with E-state index in [4.69, 9.17) is 28.4 Å². The van der Waals surface area contributed by atoms with Crippen LogP contribution in [0.25, 0.3) is 11.4 Å². The quantitative estimate of drug-likeness (QED) is 0.0408. The van der Waals surface area contributed by atoms with Gasteiger partial charge in [-0.25, -0.2) is 4.99 Å². The summed E-state index contributed by atoms with van der Waals surface area (Å²) in [6, 6.07) is 5.86. The SMILES string of the molecule is CC1=NC2C(O1)OC(CO)C(OC(O)C(O)C(O)C(O)C(C)CNC(=O)CCOCCOCCOCCNC(=O)c1ccc(-c3nnc(C)nn3)cc1)C2O. The molecule has 10 unspecified atom stereocenters. The van der Waals surface area contributed by atoms with E-state index >= 15 is 0 Å². The average molecular weight is 782 g/mol. The lowest BCUT2D eigenvalue weighted by Crippen LogP contribution is -2.60. The van der Waals surface area contributed by atoms with E-state index in [0.717, 1.165) is 0 Å². The predicted molar refractivity (Wildman–Crippen MR) is 188 cm³/mol. The topological polar surface area (TPSA) is 299 Å². The van der Waals surface area contributed by atoms with Gasteiger partial charge in [-0.15, -0.1) is 20.4 Å². The van der Waals surface area contributed by atoms with Crippen LogP contribution in [0, 0.1) is 12.8 Å². The van der Waals surface area contributed by atoms with Gasteiger partial charge in [-0.2, -0.15) is 0 Å². The van der Waals surface area contributed by atoms with E-state index in [1.54, 1.807) is 38.1 Å². The second-order valence-corrected chi connectivity index (χ2v) is 12.9. The molecule has 1 aromatic heterocycles. The van der Waals surface area contributed by atoms with Crippen molar-refractivity contribution in [3.05, 3.63) is 35.7 Å². The lowest BCUT2D eigenvalue weighted by Gasteiger charge is -2.41. The number of benzene rings is 1. The van der Waals surface area contributed by atoms with Crippen molar-refractivity contribution in [2.45, 2.75) is 82.4 Å². The second-order valence-electron chi connectivity index (χ2n) is 12.9. The molecule has 0 radical (unpaired) electrons. The van der Waals surface area contributed by atoms with E-state index < -0.39 is 67.8 Å². The van der Waals surface area contributed by atoms with E-state index in [2.05, 4.69) is 36.0 Å². The van der Waals surface area contributed by atoms with Gasteiger partial charge in [-0.05, 0) is 19.1 Å². The third-order valence-electron chi connectivity index (χ3n) is 8.66. The van der Waals surface area contributed by atoms with Gasteiger partial charge in [0, 0.05) is 43.5 Å². The molecule has 306 valence electrons. The highest BCUT2D eigenvalue weighted by molar-refractivity contribution is 5.94. The van der Waals surface area contributed by atoms with E-state index in [-0.39, 0.29) is 50.5 Å². The number of fused-ring (bicyclic) bond motifs is 1. The summed E-state index contributed by atoms with van der Waals surface area (Å²) in [5.74, 6) is -0.298. The summed E-state index contributed by atoms with van der Waals surface area (Å²) in [6.45, 7) is 5.91. The molecule has 2 amide bonds. The first-order chi connectivity index (χ1) is 26.4. The largest absolute Gasteiger partial charge is 0.450 e. The molecule has 2 aliphatic heterocycles. The molecule has 3 heterocycles. The maximum atomic E-state index is 12.4. The molecular weight excluding hydrogens is 730 g/mol. The van der Waals surface area contributed by atoms with Crippen LogP contribution in [0.1, 0.15) is 36.5 Å². The molecule has 8 N–H and O–H groups in total. The van der Waals surface area contributed by atoms with E-state index in [1.165, 1.54) is 6.92 Å². The number of hydrogen-bond acceptors (Lipinski definition) is 19. The number of nitrogens with one attached hydrogen (secondary N) is 2. The molecule has 1 fully saturated rings. The predicted octanol–water partition coefficient (Wildman–Crippen LogP) is -3.15. The van der Waals surface area contributed by atoms with Gasteiger partial charge in [0.25, 0.3) is 5.91 Å². The summed E-state index contributed by atoms with van der Waals surface area (Å²) in [4.78, 5) is 28.7. The molecule has 0 spiro atoms. The van der Waals surface area contributed by atoms with Crippen LogP contribution in [0.5, 0.6) is 0 Å².